The van der Waals surface area contributed by atoms with Crippen LogP contribution in [-0.4, -0.2) is 36.2 Å². The van der Waals surface area contributed by atoms with Gasteiger partial charge in [0.05, 0.1) is 23.4 Å². The van der Waals surface area contributed by atoms with E-state index in [1.165, 1.54) is 30.5 Å². The van der Waals surface area contributed by atoms with E-state index in [0.717, 1.165) is 10.0 Å². The van der Waals surface area contributed by atoms with Crippen molar-refractivity contribution < 1.29 is 36.2 Å². The first kappa shape index (κ1) is 22.7. The summed E-state index contributed by atoms with van der Waals surface area (Å²) in [5.74, 6) is -0.543. The summed E-state index contributed by atoms with van der Waals surface area (Å²) < 4.78 is 71.2. The van der Waals surface area contributed by atoms with Gasteiger partial charge in [0.15, 0.2) is 0 Å². The van der Waals surface area contributed by atoms with Crippen LogP contribution in [0.2, 0.25) is 0 Å². The topological polar surface area (TPSA) is 85.6 Å². The Balaban J connectivity index is 2.12. The van der Waals surface area contributed by atoms with Gasteiger partial charge in [0.25, 0.3) is 10.0 Å². The molecule has 1 heterocycles. The largest absolute Gasteiger partial charge is 0.494 e. The van der Waals surface area contributed by atoms with Crippen LogP contribution >= 0.6 is 0 Å². The number of aryl methyl sites for hydroxylation is 1. The summed E-state index contributed by atoms with van der Waals surface area (Å²) in [6, 6.07) is 9.44. The molecule has 0 radical (unpaired) electrons. The Hall–Kier alpha value is -3.01. The van der Waals surface area contributed by atoms with Gasteiger partial charge in [-0.2, -0.15) is 13.2 Å². The average Bonchev–Trinajstić information content (AvgIpc) is 3.04. The number of ether oxygens (including phenoxy) is 1. The van der Waals surface area contributed by atoms with E-state index in [-0.39, 0.29) is 28.8 Å². The van der Waals surface area contributed by atoms with Gasteiger partial charge in [-0.15, -0.1) is 0 Å². The fraction of sp³-hybridized carbons (Fsp3) is 0.286. The molecule has 0 spiro atoms. The lowest BCUT2D eigenvalue weighted by molar-refractivity contribution is -0.137. The summed E-state index contributed by atoms with van der Waals surface area (Å²) in [6.45, 7) is 2.18. The molecule has 0 amide bonds. The molecule has 0 aliphatic rings. The maximum absolute atomic E-state index is 13.3. The number of nitrogens with zero attached hydrogens (tertiary/aromatic N) is 1. The third-order valence-corrected chi connectivity index (χ3v) is 6.27. The van der Waals surface area contributed by atoms with E-state index < -0.39 is 28.6 Å². The Bertz CT molecular complexity index is 1220. The highest BCUT2D eigenvalue weighted by Gasteiger charge is 2.29. The van der Waals surface area contributed by atoms with Gasteiger partial charge < -0.3 is 9.84 Å². The zero-order valence-corrected chi connectivity index (χ0v) is 17.3. The van der Waals surface area contributed by atoms with Crippen molar-refractivity contribution in [1.82, 2.24) is 3.97 Å². The maximum atomic E-state index is 13.3. The second-order valence-corrected chi connectivity index (χ2v) is 8.72. The molecule has 0 fully saturated rings. The summed E-state index contributed by atoms with van der Waals surface area (Å²) in [6.07, 6.45) is -4.53. The molecule has 2 aromatic carbocycles. The highest BCUT2D eigenvalue weighted by molar-refractivity contribution is 7.90. The van der Waals surface area contributed by atoms with E-state index in [4.69, 9.17) is 9.84 Å². The number of rotatable bonds is 8. The van der Waals surface area contributed by atoms with Crippen molar-refractivity contribution in [2.75, 3.05) is 6.61 Å². The predicted octanol–water partition coefficient (Wildman–Crippen LogP) is 4.40. The number of hydrogen-bond donors (Lipinski definition) is 1. The molecular weight excluding hydrogens is 435 g/mol. The minimum Gasteiger partial charge on any atom is -0.494 e. The lowest BCUT2D eigenvalue weighted by Gasteiger charge is -2.11. The number of aliphatic carboxylic acids is 1. The second-order valence-electron chi connectivity index (χ2n) is 6.90. The Morgan fingerprint density at radius 1 is 1.16 bits per heavy atom. The van der Waals surface area contributed by atoms with Gasteiger partial charge in [0.1, 0.15) is 5.75 Å². The van der Waals surface area contributed by atoms with Crippen molar-refractivity contribution in [2.45, 2.75) is 37.3 Å². The van der Waals surface area contributed by atoms with Crippen LogP contribution in [0.4, 0.5) is 13.2 Å². The Morgan fingerprint density at radius 2 is 1.90 bits per heavy atom. The first-order valence-corrected chi connectivity index (χ1v) is 10.8. The first-order chi connectivity index (χ1) is 14.5. The average molecular weight is 455 g/mol. The molecule has 0 unspecified atom stereocenters. The number of carboxylic acid groups (broad SMARTS) is 1. The summed E-state index contributed by atoms with van der Waals surface area (Å²) in [5.41, 5.74) is 0.591. The number of alkyl halides is 3. The normalized spacial score (nSPS) is 12.3. The fourth-order valence-electron chi connectivity index (χ4n) is 3.30. The van der Waals surface area contributed by atoms with Crippen LogP contribution in [0.25, 0.3) is 10.9 Å². The van der Waals surface area contributed by atoms with Crippen LogP contribution < -0.4 is 4.74 Å². The number of benzene rings is 2. The number of halogens is 3. The van der Waals surface area contributed by atoms with Crippen molar-refractivity contribution >= 4 is 26.9 Å². The number of fused-ring (bicyclic) bond motifs is 1. The van der Waals surface area contributed by atoms with E-state index in [9.17, 15) is 26.4 Å². The summed E-state index contributed by atoms with van der Waals surface area (Å²) >= 11 is 0. The molecular formula is C21H20F3NO5S. The van der Waals surface area contributed by atoms with Gasteiger partial charge >= 0.3 is 12.1 Å². The fourth-order valence-corrected chi connectivity index (χ4v) is 4.76. The van der Waals surface area contributed by atoms with Crippen molar-refractivity contribution in [3.63, 3.8) is 0 Å². The van der Waals surface area contributed by atoms with Gasteiger partial charge in [-0.3, -0.25) is 4.79 Å². The Kier molecular flexibility index (Phi) is 6.30. The molecule has 1 aromatic heterocycles. The van der Waals surface area contributed by atoms with E-state index in [1.54, 1.807) is 19.1 Å². The minimum atomic E-state index is -4.47. The second kappa shape index (κ2) is 8.62. The molecule has 166 valence electrons. The molecule has 0 saturated carbocycles. The molecule has 0 aliphatic carbocycles. The van der Waals surface area contributed by atoms with Crippen LogP contribution in [0.1, 0.15) is 24.5 Å². The monoisotopic (exact) mass is 455 g/mol. The molecule has 3 aromatic rings. The van der Waals surface area contributed by atoms with Crippen LogP contribution in [0.3, 0.4) is 0 Å². The molecule has 10 heteroatoms. The van der Waals surface area contributed by atoms with Crippen LogP contribution in [-0.2, 0) is 27.7 Å². The third kappa shape index (κ3) is 5.19. The van der Waals surface area contributed by atoms with Crippen LogP contribution in [0.15, 0.2) is 53.6 Å². The Labute approximate surface area is 176 Å². The van der Waals surface area contributed by atoms with E-state index >= 15 is 0 Å². The number of hydrogen-bond acceptors (Lipinski definition) is 4. The van der Waals surface area contributed by atoms with E-state index in [2.05, 4.69) is 0 Å². The predicted molar refractivity (Wildman–Crippen MR) is 108 cm³/mol. The van der Waals surface area contributed by atoms with Gasteiger partial charge in [0.2, 0.25) is 0 Å². The molecule has 0 atom stereocenters. The van der Waals surface area contributed by atoms with Crippen molar-refractivity contribution in [3.05, 3.63) is 59.8 Å². The molecule has 0 bridgehead atoms. The highest BCUT2D eigenvalue weighted by Crippen LogP contribution is 2.31. The number of carboxylic acids is 1. The minimum absolute atomic E-state index is 0.0814. The quantitative estimate of drug-likeness (QED) is 0.544. The van der Waals surface area contributed by atoms with E-state index in [0.29, 0.717) is 23.3 Å². The smallest absolute Gasteiger partial charge is 0.393 e. The molecule has 1 N–H and O–H groups in total. The van der Waals surface area contributed by atoms with Crippen LogP contribution in [0.5, 0.6) is 5.75 Å². The molecule has 6 nitrogen and oxygen atoms in total. The zero-order chi connectivity index (χ0) is 22.8. The summed E-state index contributed by atoms with van der Waals surface area (Å²) in [5, 5.41) is 9.51. The van der Waals surface area contributed by atoms with Gasteiger partial charge in [-0.1, -0.05) is 12.1 Å². The van der Waals surface area contributed by atoms with Crippen LogP contribution in [0, 0.1) is 0 Å². The maximum Gasteiger partial charge on any atom is 0.393 e. The number of carbonyl (C=O) groups is 1. The SMILES string of the molecule is CCOc1ccc2c(c1)c(CCC(=O)O)cn2S(=O)(=O)c1cccc(CC(F)(F)F)c1. The van der Waals surface area contributed by atoms with Gasteiger partial charge in [0, 0.05) is 18.0 Å². The van der Waals surface area contributed by atoms with Crippen molar-refractivity contribution in [2.24, 2.45) is 0 Å². The molecule has 31 heavy (non-hydrogen) atoms. The van der Waals surface area contributed by atoms with E-state index in [1.807, 2.05) is 0 Å². The zero-order valence-electron chi connectivity index (χ0n) is 16.5. The standard InChI is InChI=1S/C21H20F3NO5S/c1-2-30-16-7-8-19-18(11-16)15(6-9-20(26)27)13-25(19)31(28,29)17-5-3-4-14(10-17)12-21(22,23)24/h3-5,7-8,10-11,13H,2,6,9,12H2,1H3,(H,26,27). The van der Waals surface area contributed by atoms with Gasteiger partial charge in [-0.05, 0) is 54.8 Å². The highest BCUT2D eigenvalue weighted by atomic mass is 32.2. The number of aromatic nitrogens is 1. The van der Waals surface area contributed by atoms with Gasteiger partial charge in [-0.25, -0.2) is 12.4 Å². The summed E-state index contributed by atoms with van der Waals surface area (Å²) in [7, 11) is -4.23. The molecule has 0 saturated heterocycles. The lowest BCUT2D eigenvalue weighted by atomic mass is 10.1. The Morgan fingerprint density at radius 3 is 2.55 bits per heavy atom. The van der Waals surface area contributed by atoms with Crippen molar-refractivity contribution in [1.29, 1.82) is 0 Å². The molecule has 3 rings (SSSR count). The first-order valence-electron chi connectivity index (χ1n) is 9.41. The summed E-state index contributed by atoms with van der Waals surface area (Å²) in [4.78, 5) is 10.7. The lowest BCUT2D eigenvalue weighted by Crippen LogP contribution is -2.14. The molecule has 0 aliphatic heterocycles. The van der Waals surface area contributed by atoms with Crippen molar-refractivity contribution in [3.8, 4) is 5.75 Å². The third-order valence-electron chi connectivity index (χ3n) is 4.60.